The Morgan fingerprint density at radius 3 is 3.07 bits per heavy atom. The van der Waals surface area contributed by atoms with Crippen LogP contribution >= 0.6 is 15.9 Å². The third kappa shape index (κ3) is 5.54. The highest BCUT2D eigenvalue weighted by Gasteiger charge is 1.93. The Balaban J connectivity index is 2.17. The Hall–Kier alpha value is -0.870. The lowest BCUT2D eigenvalue weighted by atomic mass is 10.4. The summed E-state index contributed by atoms with van der Waals surface area (Å²) >= 11 is 3.36. The first-order chi connectivity index (χ1) is 7.18. The summed E-state index contributed by atoms with van der Waals surface area (Å²) in [6.45, 7) is 7.77. The number of aromatic nitrogens is 1. The van der Waals surface area contributed by atoms with Crippen molar-refractivity contribution in [2.45, 2.75) is 6.92 Å². The van der Waals surface area contributed by atoms with Crippen LogP contribution in [0.2, 0.25) is 0 Å². The highest BCUT2D eigenvalue weighted by Crippen LogP contribution is 2.12. The number of halogens is 1. The summed E-state index contributed by atoms with van der Waals surface area (Å²) in [7, 11) is 0. The number of nitrogens with one attached hydrogen (secondary N) is 1. The first-order valence-electron chi connectivity index (χ1n) is 4.75. The number of rotatable bonds is 6. The molecule has 0 unspecified atom stereocenters. The number of ether oxygens (including phenoxy) is 1. The van der Waals surface area contributed by atoms with Gasteiger partial charge >= 0.3 is 0 Å². The molecule has 0 fully saturated rings. The molecule has 4 heteroatoms. The number of anilines is 1. The van der Waals surface area contributed by atoms with Gasteiger partial charge in [-0.2, -0.15) is 0 Å². The smallest absolute Gasteiger partial charge is 0.0672 e. The van der Waals surface area contributed by atoms with Gasteiger partial charge in [-0.3, -0.25) is 4.98 Å². The third-order valence-electron chi connectivity index (χ3n) is 1.63. The number of nitrogens with zero attached hydrogens (tertiary/aromatic N) is 1. The summed E-state index contributed by atoms with van der Waals surface area (Å²) in [5.41, 5.74) is 2.03. The Kier molecular flexibility index (Phi) is 5.36. The van der Waals surface area contributed by atoms with E-state index in [-0.39, 0.29) is 0 Å². The van der Waals surface area contributed by atoms with Gasteiger partial charge in [-0.25, -0.2) is 0 Å². The van der Waals surface area contributed by atoms with Gasteiger partial charge in [0.15, 0.2) is 0 Å². The molecule has 0 bridgehead atoms. The minimum absolute atomic E-state index is 0.623. The molecule has 1 N–H and O–H groups in total. The second-order valence-electron chi connectivity index (χ2n) is 3.33. The lowest BCUT2D eigenvalue weighted by Gasteiger charge is -2.07. The quantitative estimate of drug-likeness (QED) is 0.638. The van der Waals surface area contributed by atoms with Gasteiger partial charge in [-0.15, -0.1) is 0 Å². The van der Waals surface area contributed by atoms with Crippen LogP contribution in [0.4, 0.5) is 5.69 Å². The van der Waals surface area contributed by atoms with Crippen LogP contribution in [0.25, 0.3) is 0 Å². The second kappa shape index (κ2) is 6.58. The summed E-state index contributed by atoms with van der Waals surface area (Å²) in [4.78, 5) is 4.05. The molecule has 82 valence electrons. The molecular weight excluding hydrogens is 256 g/mol. The van der Waals surface area contributed by atoms with Gasteiger partial charge in [0.2, 0.25) is 0 Å². The van der Waals surface area contributed by atoms with Crippen molar-refractivity contribution < 1.29 is 4.74 Å². The maximum Gasteiger partial charge on any atom is 0.0672 e. The molecular formula is C11H15BrN2O. The second-order valence-corrected chi connectivity index (χ2v) is 4.24. The van der Waals surface area contributed by atoms with Crippen molar-refractivity contribution in [3.8, 4) is 0 Å². The molecule has 15 heavy (non-hydrogen) atoms. The molecule has 1 rings (SSSR count). The van der Waals surface area contributed by atoms with Crippen LogP contribution < -0.4 is 5.32 Å². The van der Waals surface area contributed by atoms with Crippen LogP contribution in [0.15, 0.2) is 35.1 Å². The summed E-state index contributed by atoms with van der Waals surface area (Å²) in [6.07, 6.45) is 3.53. The Labute approximate surface area is 98.7 Å². The van der Waals surface area contributed by atoms with E-state index >= 15 is 0 Å². The number of hydrogen-bond donors (Lipinski definition) is 1. The van der Waals surface area contributed by atoms with Crippen LogP contribution in [-0.2, 0) is 4.74 Å². The van der Waals surface area contributed by atoms with E-state index in [1.807, 2.05) is 13.0 Å². The van der Waals surface area contributed by atoms with E-state index in [4.69, 9.17) is 4.74 Å². The highest BCUT2D eigenvalue weighted by molar-refractivity contribution is 9.10. The van der Waals surface area contributed by atoms with Crippen molar-refractivity contribution >= 4 is 21.6 Å². The van der Waals surface area contributed by atoms with Crippen molar-refractivity contribution in [3.05, 3.63) is 35.1 Å². The van der Waals surface area contributed by atoms with Crippen molar-refractivity contribution in [2.24, 2.45) is 0 Å². The van der Waals surface area contributed by atoms with Gasteiger partial charge < -0.3 is 10.1 Å². The van der Waals surface area contributed by atoms with E-state index in [0.717, 1.165) is 22.3 Å². The number of pyridine rings is 1. The molecule has 3 nitrogen and oxygen atoms in total. The Bertz CT molecular complexity index is 328. The van der Waals surface area contributed by atoms with Gasteiger partial charge in [0.05, 0.1) is 25.1 Å². The maximum absolute atomic E-state index is 5.35. The first kappa shape index (κ1) is 12.2. The molecule has 0 aliphatic carbocycles. The van der Waals surface area contributed by atoms with Crippen LogP contribution in [0, 0.1) is 0 Å². The zero-order valence-electron chi connectivity index (χ0n) is 8.79. The molecule has 1 heterocycles. The summed E-state index contributed by atoms with van der Waals surface area (Å²) < 4.78 is 6.32. The monoisotopic (exact) mass is 270 g/mol. The van der Waals surface area contributed by atoms with Gasteiger partial charge in [-0.1, -0.05) is 12.2 Å². The molecule has 0 amide bonds. The summed E-state index contributed by atoms with van der Waals surface area (Å²) in [5, 5.41) is 3.21. The van der Waals surface area contributed by atoms with E-state index < -0.39 is 0 Å². The minimum atomic E-state index is 0.623. The number of hydrogen-bond acceptors (Lipinski definition) is 3. The first-order valence-corrected chi connectivity index (χ1v) is 5.54. The summed E-state index contributed by atoms with van der Waals surface area (Å²) in [6, 6.07) is 1.98. The predicted molar refractivity (Wildman–Crippen MR) is 66.1 cm³/mol. The van der Waals surface area contributed by atoms with E-state index in [0.29, 0.717) is 13.2 Å². The zero-order valence-corrected chi connectivity index (χ0v) is 10.4. The molecule has 0 saturated heterocycles. The molecule has 0 radical (unpaired) electrons. The topological polar surface area (TPSA) is 34.1 Å². The standard InChI is InChI=1S/C11H15BrN2O/c1-9(2)8-15-4-3-14-11-5-10(12)6-13-7-11/h5-7,14H,1,3-4,8H2,2H3. The molecule has 1 aromatic heterocycles. The normalized spacial score (nSPS) is 10.0. The van der Waals surface area contributed by atoms with Gasteiger partial charge in [0.25, 0.3) is 0 Å². The molecule has 0 aromatic carbocycles. The fourth-order valence-electron chi connectivity index (χ4n) is 1.02. The van der Waals surface area contributed by atoms with Crippen LogP contribution in [0.1, 0.15) is 6.92 Å². The molecule has 0 saturated carbocycles. The Morgan fingerprint density at radius 1 is 1.60 bits per heavy atom. The van der Waals surface area contributed by atoms with E-state index in [9.17, 15) is 0 Å². The van der Waals surface area contributed by atoms with E-state index in [1.165, 1.54) is 0 Å². The molecule has 0 aliphatic rings. The molecule has 0 atom stereocenters. The maximum atomic E-state index is 5.35. The zero-order chi connectivity index (χ0) is 11.1. The van der Waals surface area contributed by atoms with Crippen molar-refractivity contribution in [1.82, 2.24) is 4.98 Å². The van der Waals surface area contributed by atoms with Gasteiger partial charge in [-0.05, 0) is 28.9 Å². The van der Waals surface area contributed by atoms with Gasteiger partial charge in [0, 0.05) is 17.2 Å². The largest absolute Gasteiger partial charge is 0.381 e. The van der Waals surface area contributed by atoms with Crippen LogP contribution in [0.5, 0.6) is 0 Å². The van der Waals surface area contributed by atoms with Crippen molar-refractivity contribution in [3.63, 3.8) is 0 Å². The Morgan fingerprint density at radius 2 is 2.40 bits per heavy atom. The average molecular weight is 271 g/mol. The summed E-state index contributed by atoms with van der Waals surface area (Å²) in [5.74, 6) is 0. The third-order valence-corrected chi connectivity index (χ3v) is 2.06. The van der Waals surface area contributed by atoms with Crippen LogP contribution in [0.3, 0.4) is 0 Å². The highest BCUT2D eigenvalue weighted by atomic mass is 79.9. The van der Waals surface area contributed by atoms with E-state index in [2.05, 4.69) is 32.8 Å². The van der Waals surface area contributed by atoms with Gasteiger partial charge in [0.1, 0.15) is 0 Å². The fourth-order valence-corrected chi connectivity index (χ4v) is 1.39. The lowest BCUT2D eigenvalue weighted by molar-refractivity contribution is 0.167. The van der Waals surface area contributed by atoms with Crippen LogP contribution in [-0.4, -0.2) is 24.7 Å². The molecule has 0 spiro atoms. The predicted octanol–water partition coefficient (Wildman–Crippen LogP) is 2.85. The minimum Gasteiger partial charge on any atom is -0.381 e. The fraction of sp³-hybridized carbons (Fsp3) is 0.364. The van der Waals surface area contributed by atoms with E-state index in [1.54, 1.807) is 12.4 Å². The van der Waals surface area contributed by atoms with Crippen molar-refractivity contribution in [2.75, 3.05) is 25.1 Å². The molecule has 1 aromatic rings. The lowest BCUT2D eigenvalue weighted by Crippen LogP contribution is -2.10. The SMILES string of the molecule is C=C(C)COCCNc1cncc(Br)c1. The average Bonchev–Trinajstić information content (AvgIpc) is 2.17. The molecule has 0 aliphatic heterocycles. The van der Waals surface area contributed by atoms with Crippen molar-refractivity contribution in [1.29, 1.82) is 0 Å².